The molecule has 6 heteroatoms. The van der Waals surface area contributed by atoms with Gasteiger partial charge in [0.05, 0.1) is 18.2 Å². The molecule has 0 N–H and O–H groups in total. The molecule has 0 bridgehead atoms. The normalized spacial score (nSPS) is 32.9. The molecular formula is C21H26BrNO4. The van der Waals surface area contributed by atoms with E-state index >= 15 is 0 Å². The van der Waals surface area contributed by atoms with Gasteiger partial charge in [-0.05, 0) is 55.7 Å². The van der Waals surface area contributed by atoms with Crippen molar-refractivity contribution in [3.8, 4) is 0 Å². The number of hydrogen-bond donors (Lipinski definition) is 0. The van der Waals surface area contributed by atoms with Gasteiger partial charge in [-0.1, -0.05) is 28.1 Å². The van der Waals surface area contributed by atoms with Gasteiger partial charge < -0.3 is 9.47 Å². The molecule has 27 heavy (non-hydrogen) atoms. The van der Waals surface area contributed by atoms with E-state index in [0.717, 1.165) is 17.4 Å². The van der Waals surface area contributed by atoms with Gasteiger partial charge in [0.15, 0.2) is 0 Å². The molecule has 0 spiro atoms. The fourth-order valence-electron chi connectivity index (χ4n) is 4.69. The number of ether oxygens (including phenoxy) is 2. The van der Waals surface area contributed by atoms with Gasteiger partial charge in [0.2, 0.25) is 0 Å². The molecule has 1 aromatic heterocycles. The van der Waals surface area contributed by atoms with Crippen LogP contribution in [-0.2, 0) is 19.1 Å². The summed E-state index contributed by atoms with van der Waals surface area (Å²) in [6.45, 7) is 3.77. The van der Waals surface area contributed by atoms with Crippen LogP contribution in [0, 0.1) is 29.6 Å². The first kappa shape index (κ1) is 20.1. The number of carbonyl (C=O) groups excluding carboxylic acids is 2. The fourth-order valence-corrected chi connectivity index (χ4v) is 5.22. The second-order valence-electron chi connectivity index (χ2n) is 7.46. The molecule has 0 radical (unpaired) electrons. The van der Waals surface area contributed by atoms with Crippen molar-refractivity contribution < 1.29 is 19.1 Å². The maximum Gasteiger partial charge on any atom is 0.309 e. The average molecular weight is 436 g/mol. The number of allylic oxidation sites excluding steroid dienone is 1. The van der Waals surface area contributed by atoms with Crippen LogP contribution < -0.4 is 0 Å². The van der Waals surface area contributed by atoms with E-state index in [9.17, 15) is 9.59 Å². The molecule has 3 rings (SSSR count). The van der Waals surface area contributed by atoms with Gasteiger partial charge in [0, 0.05) is 24.4 Å². The number of esters is 2. The Morgan fingerprint density at radius 2 is 2.26 bits per heavy atom. The third kappa shape index (κ3) is 4.60. The topological polar surface area (TPSA) is 65.5 Å². The zero-order valence-electron chi connectivity index (χ0n) is 15.7. The van der Waals surface area contributed by atoms with Crippen LogP contribution >= 0.6 is 15.9 Å². The van der Waals surface area contributed by atoms with Gasteiger partial charge in [0.1, 0.15) is 6.10 Å². The fraction of sp³-hybridized carbons (Fsp3) is 0.571. The van der Waals surface area contributed by atoms with E-state index in [1.807, 2.05) is 31.2 Å². The van der Waals surface area contributed by atoms with E-state index in [0.29, 0.717) is 18.9 Å². The number of hydrogen-bond acceptors (Lipinski definition) is 5. The summed E-state index contributed by atoms with van der Waals surface area (Å²) < 4.78 is 10.9. The quantitative estimate of drug-likeness (QED) is 0.501. The van der Waals surface area contributed by atoms with Gasteiger partial charge in [-0.3, -0.25) is 14.6 Å². The highest BCUT2D eigenvalue weighted by molar-refractivity contribution is 9.09. The van der Waals surface area contributed by atoms with E-state index in [1.54, 1.807) is 6.20 Å². The number of halogens is 1. The molecule has 0 amide bonds. The molecular weight excluding hydrogens is 410 g/mol. The Hall–Kier alpha value is -1.69. The van der Waals surface area contributed by atoms with Crippen molar-refractivity contribution in [3.05, 3.63) is 36.2 Å². The van der Waals surface area contributed by atoms with Crippen molar-refractivity contribution in [2.45, 2.75) is 32.8 Å². The lowest BCUT2D eigenvalue weighted by Gasteiger charge is -2.43. The van der Waals surface area contributed by atoms with Crippen LogP contribution in [0.4, 0.5) is 0 Å². The maximum atomic E-state index is 12.4. The molecule has 6 unspecified atom stereocenters. The predicted molar refractivity (Wildman–Crippen MR) is 106 cm³/mol. The summed E-state index contributed by atoms with van der Waals surface area (Å²) in [6.07, 6.45) is 7.56. The van der Waals surface area contributed by atoms with Crippen LogP contribution in [0.1, 0.15) is 32.4 Å². The summed E-state index contributed by atoms with van der Waals surface area (Å²) >= 11 is 3.57. The summed E-state index contributed by atoms with van der Waals surface area (Å²) in [5.74, 6) is 0.239. The highest BCUT2D eigenvalue weighted by atomic mass is 79.9. The third-order valence-corrected chi connectivity index (χ3v) is 6.29. The minimum Gasteiger partial charge on any atom is -0.466 e. The summed E-state index contributed by atoms with van der Waals surface area (Å²) in [6, 6.07) is 5.81. The Labute approximate surface area is 168 Å². The van der Waals surface area contributed by atoms with E-state index in [-0.39, 0.29) is 41.7 Å². The molecule has 1 saturated heterocycles. The largest absolute Gasteiger partial charge is 0.466 e. The zero-order valence-corrected chi connectivity index (χ0v) is 17.3. The van der Waals surface area contributed by atoms with Crippen molar-refractivity contribution in [2.75, 3.05) is 11.9 Å². The van der Waals surface area contributed by atoms with E-state index in [1.165, 1.54) is 6.92 Å². The summed E-state index contributed by atoms with van der Waals surface area (Å²) in [5.41, 5.74) is 0.895. The summed E-state index contributed by atoms with van der Waals surface area (Å²) in [4.78, 5) is 28.1. The maximum absolute atomic E-state index is 12.4. The number of cyclic esters (lactones) is 1. The Bertz CT molecular complexity index is 693. The van der Waals surface area contributed by atoms with Crippen molar-refractivity contribution >= 4 is 33.9 Å². The van der Waals surface area contributed by atoms with Crippen LogP contribution in [0.25, 0.3) is 6.08 Å². The van der Waals surface area contributed by atoms with Crippen molar-refractivity contribution in [3.63, 3.8) is 0 Å². The number of rotatable bonds is 6. The number of alkyl halides is 1. The number of pyridine rings is 1. The molecule has 1 aromatic rings. The first-order valence-corrected chi connectivity index (χ1v) is 10.6. The minimum absolute atomic E-state index is 0.103. The Morgan fingerprint density at radius 1 is 1.44 bits per heavy atom. The Balaban J connectivity index is 1.90. The number of fused-ring (bicyclic) bond motifs is 1. The van der Waals surface area contributed by atoms with Gasteiger partial charge in [-0.15, -0.1) is 0 Å². The van der Waals surface area contributed by atoms with E-state index in [4.69, 9.17) is 9.47 Å². The Morgan fingerprint density at radius 3 is 2.93 bits per heavy atom. The Kier molecular flexibility index (Phi) is 6.68. The lowest BCUT2D eigenvalue weighted by atomic mass is 9.60. The monoisotopic (exact) mass is 435 g/mol. The molecule has 1 aliphatic carbocycles. The lowest BCUT2D eigenvalue weighted by molar-refractivity contribution is -0.145. The average Bonchev–Trinajstić information content (AvgIpc) is 2.93. The molecule has 2 aliphatic rings. The standard InChI is InChI=1S/C21H26BrNO4/c1-13-20-18(7-6-16-5-3-4-10-23-16)17(8-9-22)15(12-26-14(2)24)11-19(20)21(25)27-13/h3-7,10,13,15,17-20H,8-9,11-12H2,1-2H3/b7-6+. The molecule has 2 fully saturated rings. The second kappa shape index (κ2) is 9.00. The van der Waals surface area contributed by atoms with E-state index < -0.39 is 0 Å². The molecule has 1 aliphatic heterocycles. The molecule has 146 valence electrons. The van der Waals surface area contributed by atoms with Crippen LogP contribution in [0.5, 0.6) is 0 Å². The molecule has 5 nitrogen and oxygen atoms in total. The van der Waals surface area contributed by atoms with Crippen LogP contribution in [0.15, 0.2) is 30.5 Å². The molecule has 2 heterocycles. The number of aromatic nitrogens is 1. The first-order valence-electron chi connectivity index (χ1n) is 9.50. The van der Waals surface area contributed by atoms with Gasteiger partial charge in [-0.2, -0.15) is 0 Å². The minimum atomic E-state index is -0.280. The third-order valence-electron chi connectivity index (χ3n) is 5.83. The van der Waals surface area contributed by atoms with Crippen molar-refractivity contribution in [2.24, 2.45) is 29.6 Å². The van der Waals surface area contributed by atoms with Crippen molar-refractivity contribution in [1.82, 2.24) is 4.98 Å². The summed E-state index contributed by atoms with van der Waals surface area (Å²) in [5, 5.41) is 0.864. The van der Waals surface area contributed by atoms with Gasteiger partial charge >= 0.3 is 11.9 Å². The molecule has 0 aromatic carbocycles. The number of carbonyl (C=O) groups is 2. The zero-order chi connectivity index (χ0) is 19.4. The lowest BCUT2D eigenvalue weighted by Crippen LogP contribution is -2.43. The van der Waals surface area contributed by atoms with E-state index in [2.05, 4.69) is 27.0 Å². The number of nitrogens with zero attached hydrogens (tertiary/aromatic N) is 1. The van der Waals surface area contributed by atoms with Gasteiger partial charge in [0.25, 0.3) is 0 Å². The van der Waals surface area contributed by atoms with Crippen LogP contribution in [0.3, 0.4) is 0 Å². The molecule has 1 saturated carbocycles. The van der Waals surface area contributed by atoms with Crippen molar-refractivity contribution in [1.29, 1.82) is 0 Å². The SMILES string of the molecule is CC(=O)OCC1CC2C(=O)OC(C)C2C(/C=C/c2ccccn2)C1CCBr. The highest BCUT2D eigenvalue weighted by Gasteiger charge is 2.53. The van der Waals surface area contributed by atoms with Gasteiger partial charge in [-0.25, -0.2) is 0 Å². The highest BCUT2D eigenvalue weighted by Crippen LogP contribution is 2.50. The first-order chi connectivity index (χ1) is 13.0. The summed E-state index contributed by atoms with van der Waals surface area (Å²) in [7, 11) is 0. The molecule has 6 atom stereocenters. The van der Waals surface area contributed by atoms with Crippen LogP contribution in [-0.4, -0.2) is 35.0 Å². The predicted octanol–water partition coefficient (Wildman–Crippen LogP) is 3.87. The smallest absolute Gasteiger partial charge is 0.309 e. The van der Waals surface area contributed by atoms with Crippen LogP contribution in [0.2, 0.25) is 0 Å². The second-order valence-corrected chi connectivity index (χ2v) is 8.25.